The third-order valence-corrected chi connectivity index (χ3v) is 5.56. The molecule has 1 saturated carbocycles. The van der Waals surface area contributed by atoms with Crippen LogP contribution in [0.1, 0.15) is 25.3 Å². The molecule has 0 saturated heterocycles. The molecule has 0 amide bonds. The zero-order valence-corrected chi connectivity index (χ0v) is 17.6. The second kappa shape index (κ2) is 7.54. The third-order valence-electron chi connectivity index (χ3n) is 5.14. The number of pyridine rings is 1. The number of aromatic nitrogens is 3. The van der Waals surface area contributed by atoms with Gasteiger partial charge in [0.1, 0.15) is 5.52 Å². The molecular weight excluding hydrogens is 372 g/mol. The van der Waals surface area contributed by atoms with Gasteiger partial charge in [-0.15, -0.1) is 0 Å². The van der Waals surface area contributed by atoms with E-state index in [1.54, 1.807) is 23.6 Å². The second-order valence-electron chi connectivity index (χ2n) is 7.41. The molecule has 6 nitrogen and oxygen atoms in total. The maximum Gasteiger partial charge on any atom is 0.297 e. The Morgan fingerprint density at radius 1 is 1.29 bits per heavy atom. The number of imidazole rings is 1. The molecule has 0 spiro atoms. The molecule has 7 heteroatoms. The first-order chi connectivity index (χ1) is 13.5. The number of rotatable bonds is 7. The van der Waals surface area contributed by atoms with Crippen molar-refractivity contribution in [1.82, 2.24) is 14.1 Å². The van der Waals surface area contributed by atoms with Crippen molar-refractivity contribution >= 4 is 28.7 Å². The molecule has 0 bridgehead atoms. The lowest BCUT2D eigenvalue weighted by Gasteiger charge is -2.12. The van der Waals surface area contributed by atoms with Crippen molar-refractivity contribution in [1.29, 1.82) is 0 Å². The lowest BCUT2D eigenvalue weighted by Crippen LogP contribution is -2.18. The Hall–Kier alpha value is -2.41. The number of benzene rings is 1. The maximum absolute atomic E-state index is 12.1. The summed E-state index contributed by atoms with van der Waals surface area (Å²) in [7, 11) is 1.79. The fourth-order valence-electron chi connectivity index (χ4n) is 3.57. The minimum atomic E-state index is 0.0321. The average Bonchev–Trinajstić information content (AvgIpc) is 3.42. The van der Waals surface area contributed by atoms with Gasteiger partial charge in [0.05, 0.1) is 17.8 Å². The fourth-order valence-corrected chi connectivity index (χ4v) is 3.94. The smallest absolute Gasteiger partial charge is 0.297 e. The standard InChI is InChI=1S/C21H26N4O2S/c1-5-27-21-22-19-17(23-28-4)9-15(10-18(19)25(21)11-14-6-7-14)16-8-13(2)20(26)24(3)12-16/h8-10,12,14,23H,5-7,11H2,1-4H3. The van der Waals surface area contributed by atoms with Crippen LogP contribution in [0.5, 0.6) is 6.01 Å². The zero-order chi connectivity index (χ0) is 19.8. The van der Waals surface area contributed by atoms with Crippen molar-refractivity contribution in [3.8, 4) is 17.1 Å². The molecule has 0 aliphatic heterocycles. The monoisotopic (exact) mass is 398 g/mol. The molecule has 0 unspecified atom stereocenters. The van der Waals surface area contributed by atoms with Gasteiger partial charge in [0.2, 0.25) is 0 Å². The van der Waals surface area contributed by atoms with Crippen LogP contribution in [0.15, 0.2) is 29.2 Å². The Morgan fingerprint density at radius 2 is 2.07 bits per heavy atom. The number of hydrogen-bond acceptors (Lipinski definition) is 5. The summed E-state index contributed by atoms with van der Waals surface area (Å²) >= 11 is 1.54. The summed E-state index contributed by atoms with van der Waals surface area (Å²) in [6.07, 6.45) is 6.42. The number of fused-ring (bicyclic) bond motifs is 1. The van der Waals surface area contributed by atoms with Crippen molar-refractivity contribution in [3.05, 3.63) is 40.3 Å². The van der Waals surface area contributed by atoms with E-state index in [0.29, 0.717) is 18.5 Å². The van der Waals surface area contributed by atoms with Crippen LogP contribution < -0.4 is 15.0 Å². The molecule has 1 aromatic carbocycles. The van der Waals surface area contributed by atoms with Crippen molar-refractivity contribution in [2.75, 3.05) is 17.6 Å². The highest BCUT2D eigenvalue weighted by molar-refractivity contribution is 7.99. The van der Waals surface area contributed by atoms with E-state index < -0.39 is 0 Å². The fraction of sp³-hybridized carbons (Fsp3) is 0.429. The van der Waals surface area contributed by atoms with E-state index in [1.807, 2.05) is 32.4 Å². The Balaban J connectivity index is 1.93. The maximum atomic E-state index is 12.1. The number of nitrogens with one attached hydrogen (secondary N) is 1. The molecule has 4 rings (SSSR count). The number of nitrogens with zero attached hydrogens (tertiary/aromatic N) is 3. The molecule has 148 valence electrons. The number of hydrogen-bond donors (Lipinski definition) is 1. The molecule has 0 radical (unpaired) electrons. The number of aryl methyl sites for hydroxylation is 2. The topological polar surface area (TPSA) is 61.1 Å². The first-order valence-electron chi connectivity index (χ1n) is 9.65. The number of ether oxygens (including phenoxy) is 1. The summed E-state index contributed by atoms with van der Waals surface area (Å²) in [6.45, 7) is 5.36. The molecule has 1 N–H and O–H groups in total. The lowest BCUT2D eigenvalue weighted by atomic mass is 10.0. The molecule has 28 heavy (non-hydrogen) atoms. The van der Waals surface area contributed by atoms with Crippen molar-refractivity contribution < 1.29 is 4.74 Å². The first-order valence-corrected chi connectivity index (χ1v) is 10.9. The average molecular weight is 399 g/mol. The van der Waals surface area contributed by atoms with Gasteiger partial charge in [0, 0.05) is 31.6 Å². The van der Waals surface area contributed by atoms with E-state index in [2.05, 4.69) is 21.4 Å². The van der Waals surface area contributed by atoms with Crippen LogP contribution in [0.2, 0.25) is 0 Å². The highest BCUT2D eigenvalue weighted by atomic mass is 32.2. The lowest BCUT2D eigenvalue weighted by molar-refractivity contribution is 0.296. The highest BCUT2D eigenvalue weighted by Gasteiger charge is 2.26. The Labute approximate surface area is 169 Å². The predicted octanol–water partition coefficient (Wildman–Crippen LogP) is 4.21. The molecule has 1 aliphatic carbocycles. The minimum Gasteiger partial charge on any atom is -0.465 e. The van der Waals surface area contributed by atoms with E-state index in [-0.39, 0.29) is 5.56 Å². The van der Waals surface area contributed by atoms with Crippen LogP contribution in [0.25, 0.3) is 22.2 Å². The SMILES string of the molecule is CCOc1nc2c(NSC)cc(-c3cc(C)c(=O)n(C)c3)cc2n1CC1CC1. The van der Waals surface area contributed by atoms with Crippen LogP contribution in [0.4, 0.5) is 5.69 Å². The molecule has 2 heterocycles. The van der Waals surface area contributed by atoms with Gasteiger partial charge in [0.25, 0.3) is 11.6 Å². The largest absolute Gasteiger partial charge is 0.465 e. The molecule has 2 aromatic heterocycles. The van der Waals surface area contributed by atoms with Gasteiger partial charge >= 0.3 is 0 Å². The van der Waals surface area contributed by atoms with Crippen LogP contribution >= 0.6 is 11.9 Å². The summed E-state index contributed by atoms with van der Waals surface area (Å²) in [5.41, 5.74) is 5.79. The third kappa shape index (κ3) is 3.51. The van der Waals surface area contributed by atoms with Gasteiger partial charge in [-0.1, -0.05) is 11.9 Å². The van der Waals surface area contributed by atoms with E-state index in [9.17, 15) is 4.79 Å². The van der Waals surface area contributed by atoms with Gasteiger partial charge in [0.15, 0.2) is 0 Å². The predicted molar refractivity (Wildman–Crippen MR) is 116 cm³/mol. The van der Waals surface area contributed by atoms with Crippen LogP contribution in [-0.2, 0) is 13.6 Å². The molecule has 0 atom stereocenters. The van der Waals surface area contributed by atoms with E-state index >= 15 is 0 Å². The van der Waals surface area contributed by atoms with Crippen molar-refractivity contribution in [2.45, 2.75) is 33.2 Å². The van der Waals surface area contributed by atoms with Gasteiger partial charge < -0.3 is 14.0 Å². The van der Waals surface area contributed by atoms with Crippen molar-refractivity contribution in [3.63, 3.8) is 0 Å². The van der Waals surface area contributed by atoms with E-state index in [4.69, 9.17) is 9.72 Å². The molecule has 1 fully saturated rings. The highest BCUT2D eigenvalue weighted by Crippen LogP contribution is 2.38. The Bertz CT molecular complexity index is 1060. The first kappa shape index (κ1) is 18.9. The Kier molecular flexibility index (Phi) is 5.10. The number of anilines is 1. The van der Waals surface area contributed by atoms with Gasteiger partial charge in [-0.2, -0.15) is 4.98 Å². The molecule has 3 aromatic rings. The van der Waals surface area contributed by atoms with Crippen LogP contribution in [0.3, 0.4) is 0 Å². The summed E-state index contributed by atoms with van der Waals surface area (Å²) < 4.78 is 13.1. The van der Waals surface area contributed by atoms with Gasteiger partial charge in [-0.25, -0.2) is 0 Å². The summed E-state index contributed by atoms with van der Waals surface area (Å²) in [4.78, 5) is 16.9. The Morgan fingerprint density at radius 3 is 2.71 bits per heavy atom. The summed E-state index contributed by atoms with van der Waals surface area (Å²) in [6, 6.07) is 6.90. The van der Waals surface area contributed by atoms with Crippen LogP contribution in [-0.4, -0.2) is 27.0 Å². The minimum absolute atomic E-state index is 0.0321. The van der Waals surface area contributed by atoms with Crippen LogP contribution in [0, 0.1) is 12.8 Å². The summed E-state index contributed by atoms with van der Waals surface area (Å²) in [5.74, 6) is 0.706. The molecule has 1 aliphatic rings. The summed E-state index contributed by atoms with van der Waals surface area (Å²) in [5, 5.41) is 0. The second-order valence-corrected chi connectivity index (χ2v) is 8.02. The van der Waals surface area contributed by atoms with E-state index in [0.717, 1.165) is 40.0 Å². The normalized spacial score (nSPS) is 13.9. The van der Waals surface area contributed by atoms with Gasteiger partial charge in [-0.3, -0.25) is 9.36 Å². The van der Waals surface area contributed by atoms with E-state index in [1.165, 1.54) is 12.8 Å². The quantitative estimate of drug-likeness (QED) is 0.604. The van der Waals surface area contributed by atoms with Crippen molar-refractivity contribution in [2.24, 2.45) is 13.0 Å². The van der Waals surface area contributed by atoms with Gasteiger partial charge in [-0.05, 0) is 61.9 Å². The zero-order valence-electron chi connectivity index (χ0n) is 16.8. The molecular formula is C21H26N4O2S.